The fourth-order valence-electron chi connectivity index (χ4n) is 1.72. The quantitative estimate of drug-likeness (QED) is 0.221. The van der Waals surface area contributed by atoms with Gasteiger partial charge in [-0.3, -0.25) is 0 Å². The molecule has 0 aromatic heterocycles. The van der Waals surface area contributed by atoms with Gasteiger partial charge in [-0.05, 0) is 6.42 Å². The minimum absolute atomic E-state index is 0.612. The summed E-state index contributed by atoms with van der Waals surface area (Å²) in [6.45, 7) is 2.87. The van der Waals surface area contributed by atoms with Crippen LogP contribution in [0.2, 0.25) is 0 Å². The minimum Gasteiger partial charge on any atom is -0.245 e. The van der Waals surface area contributed by atoms with E-state index in [2.05, 4.69) is 11.9 Å². The molecule has 0 bridgehead atoms. The van der Waals surface area contributed by atoms with Crippen LogP contribution < -0.4 is 11.4 Å². The van der Waals surface area contributed by atoms with Gasteiger partial charge in [-0.2, -0.15) is 0 Å². The summed E-state index contributed by atoms with van der Waals surface area (Å²) in [5, 5.41) is 0. The highest BCUT2D eigenvalue weighted by atomic mass is 17.3. The monoisotopic (exact) mass is 232 g/mol. The molecule has 0 aromatic rings. The van der Waals surface area contributed by atoms with Crippen molar-refractivity contribution in [3.8, 4) is 0 Å². The van der Waals surface area contributed by atoms with E-state index >= 15 is 0 Å². The predicted molar refractivity (Wildman–Crippen MR) is 66.2 cm³/mol. The van der Waals surface area contributed by atoms with Crippen LogP contribution in [0.5, 0.6) is 0 Å². The molecule has 0 heterocycles. The third-order valence-electron chi connectivity index (χ3n) is 2.69. The van der Waals surface area contributed by atoms with Crippen molar-refractivity contribution in [2.24, 2.45) is 5.84 Å². The van der Waals surface area contributed by atoms with Crippen molar-refractivity contribution in [2.45, 2.75) is 71.1 Å². The average Bonchev–Trinajstić information content (AvgIpc) is 2.31. The van der Waals surface area contributed by atoms with Gasteiger partial charge in [0.25, 0.3) is 0 Å². The van der Waals surface area contributed by atoms with Crippen LogP contribution in [0, 0.1) is 0 Å². The molecule has 3 N–H and O–H groups in total. The third kappa shape index (κ3) is 13.8. The lowest BCUT2D eigenvalue weighted by Gasteiger charge is -2.02. The first-order valence-corrected chi connectivity index (χ1v) is 6.66. The molecule has 0 amide bonds. The van der Waals surface area contributed by atoms with Gasteiger partial charge < -0.3 is 0 Å². The van der Waals surface area contributed by atoms with E-state index in [1.54, 1.807) is 0 Å². The van der Waals surface area contributed by atoms with Crippen molar-refractivity contribution in [1.29, 1.82) is 0 Å². The molecule has 0 spiro atoms. The number of nitrogens with one attached hydrogen (secondary N) is 1. The molecule has 98 valence electrons. The lowest BCUT2D eigenvalue weighted by atomic mass is 10.1. The third-order valence-corrected chi connectivity index (χ3v) is 2.69. The largest absolute Gasteiger partial charge is 0.245 e. The molecule has 16 heavy (non-hydrogen) atoms. The highest BCUT2D eigenvalue weighted by molar-refractivity contribution is 4.46. The van der Waals surface area contributed by atoms with Crippen molar-refractivity contribution in [2.75, 3.05) is 6.61 Å². The first kappa shape index (κ1) is 15.8. The van der Waals surface area contributed by atoms with E-state index in [1.807, 2.05) is 5.59 Å². The van der Waals surface area contributed by atoms with Gasteiger partial charge in [0, 0.05) is 0 Å². The molecule has 0 atom stereocenters. The van der Waals surface area contributed by atoms with Gasteiger partial charge in [-0.15, -0.1) is 10.6 Å². The van der Waals surface area contributed by atoms with Crippen LogP contribution in [-0.2, 0) is 9.88 Å². The first-order chi connectivity index (χ1) is 7.91. The van der Waals surface area contributed by atoms with Crippen LogP contribution in [0.25, 0.3) is 0 Å². The van der Waals surface area contributed by atoms with Crippen LogP contribution in [0.3, 0.4) is 0 Å². The number of hydrazine groups is 1. The highest BCUT2D eigenvalue weighted by Crippen LogP contribution is 2.10. The van der Waals surface area contributed by atoms with Crippen molar-refractivity contribution in [3.63, 3.8) is 0 Å². The molecule has 0 aliphatic heterocycles. The Bertz CT molecular complexity index is 110. The number of rotatable bonds is 13. The van der Waals surface area contributed by atoms with E-state index in [4.69, 9.17) is 10.7 Å². The second-order valence-electron chi connectivity index (χ2n) is 4.21. The molecule has 0 unspecified atom stereocenters. The van der Waals surface area contributed by atoms with E-state index in [1.165, 1.54) is 57.8 Å². The average molecular weight is 232 g/mol. The molecule has 0 aromatic carbocycles. The summed E-state index contributed by atoms with van der Waals surface area (Å²) in [6.07, 6.45) is 13.2. The number of hydrogen-bond acceptors (Lipinski definition) is 4. The van der Waals surface area contributed by atoms with Crippen molar-refractivity contribution >= 4 is 0 Å². The molecule has 4 heteroatoms. The molecule has 0 rings (SSSR count). The van der Waals surface area contributed by atoms with Gasteiger partial charge in [-0.25, -0.2) is 10.7 Å². The van der Waals surface area contributed by atoms with Crippen LogP contribution in [0.1, 0.15) is 71.1 Å². The summed E-state index contributed by atoms with van der Waals surface area (Å²) >= 11 is 0. The Balaban J connectivity index is 2.83. The molecule has 0 fully saturated rings. The molecule has 0 aliphatic carbocycles. The van der Waals surface area contributed by atoms with Gasteiger partial charge in [0.2, 0.25) is 0 Å². The number of unbranched alkanes of at least 4 members (excludes halogenated alkanes) is 9. The molecule has 0 aliphatic rings. The van der Waals surface area contributed by atoms with E-state index in [-0.39, 0.29) is 0 Å². The minimum atomic E-state index is 0.612. The van der Waals surface area contributed by atoms with Crippen molar-refractivity contribution in [1.82, 2.24) is 5.59 Å². The normalized spacial score (nSPS) is 10.9. The van der Waals surface area contributed by atoms with E-state index in [9.17, 15) is 0 Å². The molecular weight excluding hydrogens is 204 g/mol. The SMILES string of the molecule is CCCCCCCCCCCCOONN. The van der Waals surface area contributed by atoms with Crippen molar-refractivity contribution in [3.05, 3.63) is 0 Å². The zero-order valence-corrected chi connectivity index (χ0v) is 10.7. The summed E-state index contributed by atoms with van der Waals surface area (Å²) in [6, 6.07) is 0. The Kier molecular flexibility index (Phi) is 14.7. The van der Waals surface area contributed by atoms with Gasteiger partial charge in [-0.1, -0.05) is 64.7 Å². The Morgan fingerprint density at radius 3 is 1.81 bits per heavy atom. The molecular formula is C12H28N2O2. The fourth-order valence-corrected chi connectivity index (χ4v) is 1.72. The summed E-state index contributed by atoms with van der Waals surface area (Å²) in [5.41, 5.74) is 1.98. The number of hydrogen-bond donors (Lipinski definition) is 2. The predicted octanol–water partition coefficient (Wildman–Crippen LogP) is 3.23. The van der Waals surface area contributed by atoms with Gasteiger partial charge in [0.15, 0.2) is 0 Å². The van der Waals surface area contributed by atoms with Crippen LogP contribution in [0.15, 0.2) is 0 Å². The topological polar surface area (TPSA) is 56.5 Å². The Labute approximate surface area is 99.7 Å². The summed E-state index contributed by atoms with van der Waals surface area (Å²) < 4.78 is 0. The first-order valence-electron chi connectivity index (χ1n) is 6.66. The summed E-state index contributed by atoms with van der Waals surface area (Å²) in [5.74, 6) is 4.86. The van der Waals surface area contributed by atoms with E-state index in [0.29, 0.717) is 6.61 Å². The summed E-state index contributed by atoms with van der Waals surface area (Å²) in [4.78, 5) is 9.06. The van der Waals surface area contributed by atoms with E-state index < -0.39 is 0 Å². The highest BCUT2D eigenvalue weighted by Gasteiger charge is 1.93. The maximum atomic E-state index is 4.86. The second-order valence-corrected chi connectivity index (χ2v) is 4.21. The van der Waals surface area contributed by atoms with E-state index in [0.717, 1.165) is 6.42 Å². The molecule has 0 radical (unpaired) electrons. The fraction of sp³-hybridized carbons (Fsp3) is 1.00. The van der Waals surface area contributed by atoms with Gasteiger partial charge >= 0.3 is 0 Å². The number of nitrogens with two attached hydrogens (primary N) is 1. The smallest absolute Gasteiger partial charge is 0.0842 e. The molecule has 4 nitrogen and oxygen atoms in total. The second kappa shape index (κ2) is 14.8. The lowest BCUT2D eigenvalue weighted by Crippen LogP contribution is -2.22. The van der Waals surface area contributed by atoms with Crippen LogP contribution in [0.4, 0.5) is 0 Å². The van der Waals surface area contributed by atoms with Crippen LogP contribution >= 0.6 is 0 Å². The Morgan fingerprint density at radius 2 is 1.31 bits per heavy atom. The Hall–Kier alpha value is -0.160. The standard InChI is InChI=1S/C12H28N2O2/c1-2-3-4-5-6-7-8-9-10-11-12-15-16-14-13/h14H,2-13H2,1H3. The van der Waals surface area contributed by atoms with Gasteiger partial charge in [0.05, 0.1) is 6.61 Å². The maximum Gasteiger partial charge on any atom is 0.0842 e. The Morgan fingerprint density at radius 1 is 0.812 bits per heavy atom. The molecule has 0 saturated carbocycles. The van der Waals surface area contributed by atoms with Gasteiger partial charge in [0.1, 0.15) is 0 Å². The lowest BCUT2D eigenvalue weighted by molar-refractivity contribution is -0.337. The van der Waals surface area contributed by atoms with Crippen molar-refractivity contribution < 1.29 is 9.88 Å². The zero-order chi connectivity index (χ0) is 11.9. The molecule has 0 saturated heterocycles. The van der Waals surface area contributed by atoms with Crippen LogP contribution in [-0.4, -0.2) is 6.61 Å². The maximum absolute atomic E-state index is 4.86. The zero-order valence-electron chi connectivity index (χ0n) is 10.7. The summed E-state index contributed by atoms with van der Waals surface area (Å²) in [7, 11) is 0.